The summed E-state index contributed by atoms with van der Waals surface area (Å²) in [5, 5.41) is 15.2. The molecule has 0 atom stereocenters. The molecule has 0 saturated carbocycles. The maximum atomic E-state index is 12.1. The molecule has 7 heteroatoms. The maximum absolute atomic E-state index is 12.1. The van der Waals surface area contributed by atoms with E-state index in [2.05, 4.69) is 39.9 Å². The molecule has 6 nitrogen and oxygen atoms in total. The Hall–Kier alpha value is -2.67. The molecular weight excluding hydrogens is 334 g/mol. The Morgan fingerprint density at radius 1 is 1.12 bits per heavy atom. The first kappa shape index (κ1) is 17.2. The molecule has 0 aliphatic heterocycles. The molecule has 0 spiro atoms. The third-order valence-corrected chi connectivity index (χ3v) is 4.67. The number of aromatic nitrogens is 4. The minimum absolute atomic E-state index is 0.0267. The van der Waals surface area contributed by atoms with E-state index in [1.807, 2.05) is 42.5 Å². The molecule has 1 amide bonds. The van der Waals surface area contributed by atoms with Gasteiger partial charge in [-0.25, -0.2) is 0 Å². The van der Waals surface area contributed by atoms with Crippen molar-refractivity contribution in [1.82, 2.24) is 25.5 Å². The molecule has 0 radical (unpaired) electrons. The van der Waals surface area contributed by atoms with Crippen molar-refractivity contribution in [2.75, 3.05) is 12.3 Å². The van der Waals surface area contributed by atoms with E-state index >= 15 is 0 Å². The van der Waals surface area contributed by atoms with Crippen molar-refractivity contribution < 1.29 is 4.79 Å². The van der Waals surface area contributed by atoms with E-state index in [0.717, 1.165) is 12.1 Å². The van der Waals surface area contributed by atoms with Crippen molar-refractivity contribution in [2.24, 2.45) is 0 Å². The average Bonchev–Trinajstić information content (AvgIpc) is 3.11. The van der Waals surface area contributed by atoms with Gasteiger partial charge in [-0.3, -0.25) is 4.79 Å². The van der Waals surface area contributed by atoms with Crippen LogP contribution in [-0.4, -0.2) is 38.4 Å². The van der Waals surface area contributed by atoms with Crippen LogP contribution in [0.3, 0.4) is 0 Å². The molecule has 128 valence electrons. The lowest BCUT2D eigenvalue weighted by Crippen LogP contribution is -2.27. The van der Waals surface area contributed by atoms with Crippen molar-refractivity contribution in [3.8, 4) is 5.69 Å². The van der Waals surface area contributed by atoms with Crippen LogP contribution in [0.4, 0.5) is 0 Å². The first-order valence-electron chi connectivity index (χ1n) is 8.02. The zero-order chi connectivity index (χ0) is 17.5. The first-order valence-corrected chi connectivity index (χ1v) is 9.00. The van der Waals surface area contributed by atoms with Gasteiger partial charge in [0.1, 0.15) is 0 Å². The number of nitrogens with one attached hydrogen (secondary N) is 1. The van der Waals surface area contributed by atoms with Crippen LogP contribution in [0.2, 0.25) is 0 Å². The highest BCUT2D eigenvalue weighted by atomic mass is 32.2. The summed E-state index contributed by atoms with van der Waals surface area (Å²) in [4.78, 5) is 12.1. The number of aryl methyl sites for hydroxylation is 1. The summed E-state index contributed by atoms with van der Waals surface area (Å²) in [5.74, 6) is 0.252. The summed E-state index contributed by atoms with van der Waals surface area (Å²) in [6, 6.07) is 17.8. The molecule has 25 heavy (non-hydrogen) atoms. The number of rotatable bonds is 7. The Labute approximate surface area is 150 Å². The highest BCUT2D eigenvalue weighted by molar-refractivity contribution is 7.99. The predicted molar refractivity (Wildman–Crippen MR) is 97.8 cm³/mol. The van der Waals surface area contributed by atoms with Crippen molar-refractivity contribution in [2.45, 2.75) is 18.5 Å². The number of benzene rings is 2. The lowest BCUT2D eigenvalue weighted by molar-refractivity contribution is -0.118. The van der Waals surface area contributed by atoms with E-state index in [9.17, 15) is 4.79 Å². The van der Waals surface area contributed by atoms with Gasteiger partial charge in [-0.2, -0.15) is 4.68 Å². The summed E-state index contributed by atoms with van der Waals surface area (Å²) in [5.41, 5.74) is 3.37. The van der Waals surface area contributed by atoms with E-state index in [1.165, 1.54) is 22.9 Å². The van der Waals surface area contributed by atoms with E-state index in [0.29, 0.717) is 11.7 Å². The number of nitrogens with zero attached hydrogens (tertiary/aromatic N) is 4. The fourth-order valence-corrected chi connectivity index (χ4v) is 3.13. The van der Waals surface area contributed by atoms with Gasteiger partial charge in [0.2, 0.25) is 11.1 Å². The van der Waals surface area contributed by atoms with E-state index in [1.54, 1.807) is 4.68 Å². The van der Waals surface area contributed by atoms with Crippen molar-refractivity contribution >= 4 is 17.7 Å². The maximum Gasteiger partial charge on any atom is 0.230 e. The third-order valence-electron chi connectivity index (χ3n) is 3.75. The number of para-hydroxylation sites is 1. The van der Waals surface area contributed by atoms with Crippen LogP contribution in [0.1, 0.15) is 11.1 Å². The van der Waals surface area contributed by atoms with Gasteiger partial charge in [0.25, 0.3) is 0 Å². The minimum Gasteiger partial charge on any atom is -0.355 e. The molecular formula is C18H19N5OS. The molecule has 0 aliphatic rings. The normalized spacial score (nSPS) is 10.6. The SMILES string of the molecule is Cc1ccccc1CCNC(=O)CSc1nnnn1-c1ccccc1. The van der Waals surface area contributed by atoms with Crippen LogP contribution in [-0.2, 0) is 11.2 Å². The predicted octanol–water partition coefficient (Wildman–Crippen LogP) is 2.42. The van der Waals surface area contributed by atoms with Crippen LogP contribution >= 0.6 is 11.8 Å². The third kappa shape index (κ3) is 4.67. The second-order valence-electron chi connectivity index (χ2n) is 5.52. The number of carbonyl (C=O) groups is 1. The largest absolute Gasteiger partial charge is 0.355 e. The molecule has 0 bridgehead atoms. The van der Waals surface area contributed by atoms with Crippen LogP contribution in [0, 0.1) is 6.92 Å². The van der Waals surface area contributed by atoms with Gasteiger partial charge in [-0.1, -0.05) is 54.2 Å². The van der Waals surface area contributed by atoms with Crippen LogP contribution in [0.25, 0.3) is 5.69 Å². The molecule has 1 aromatic heterocycles. The van der Waals surface area contributed by atoms with Crippen LogP contribution < -0.4 is 5.32 Å². The monoisotopic (exact) mass is 353 g/mol. The Morgan fingerprint density at radius 3 is 2.68 bits per heavy atom. The number of hydrogen-bond donors (Lipinski definition) is 1. The fourth-order valence-electron chi connectivity index (χ4n) is 2.41. The van der Waals surface area contributed by atoms with Gasteiger partial charge >= 0.3 is 0 Å². The molecule has 2 aromatic carbocycles. The number of tetrazole rings is 1. The molecule has 0 saturated heterocycles. The molecule has 1 heterocycles. The molecule has 0 fully saturated rings. The van der Waals surface area contributed by atoms with Crippen molar-refractivity contribution in [3.05, 3.63) is 65.7 Å². The summed E-state index contributed by atoms with van der Waals surface area (Å²) in [6.45, 7) is 2.70. The minimum atomic E-state index is -0.0267. The lowest BCUT2D eigenvalue weighted by Gasteiger charge is -2.07. The van der Waals surface area contributed by atoms with Crippen molar-refractivity contribution in [3.63, 3.8) is 0 Å². The second kappa shape index (κ2) is 8.43. The quantitative estimate of drug-likeness (QED) is 0.661. The Kier molecular flexibility index (Phi) is 5.79. The molecule has 1 N–H and O–H groups in total. The van der Waals surface area contributed by atoms with Crippen molar-refractivity contribution in [1.29, 1.82) is 0 Å². The standard InChI is InChI=1S/C18H19N5OS/c1-14-7-5-6-8-15(14)11-12-19-17(24)13-25-18-20-21-22-23(18)16-9-3-2-4-10-16/h2-10H,11-13H2,1H3,(H,19,24). The van der Waals surface area contributed by atoms with Crippen LogP contribution in [0.15, 0.2) is 59.8 Å². The number of thioether (sulfide) groups is 1. The van der Waals surface area contributed by atoms with E-state index in [-0.39, 0.29) is 11.7 Å². The van der Waals surface area contributed by atoms with Crippen LogP contribution in [0.5, 0.6) is 0 Å². The van der Waals surface area contributed by atoms with Gasteiger partial charge in [-0.15, -0.1) is 5.10 Å². The Morgan fingerprint density at radius 2 is 1.88 bits per heavy atom. The Bertz CT molecular complexity index is 834. The summed E-state index contributed by atoms with van der Waals surface area (Å²) < 4.78 is 1.63. The van der Waals surface area contributed by atoms with Gasteiger partial charge in [-0.05, 0) is 47.0 Å². The second-order valence-corrected chi connectivity index (χ2v) is 6.47. The summed E-state index contributed by atoms with van der Waals surface area (Å²) in [7, 11) is 0. The lowest BCUT2D eigenvalue weighted by atomic mass is 10.1. The topological polar surface area (TPSA) is 72.7 Å². The van der Waals surface area contributed by atoms with Gasteiger partial charge in [0.05, 0.1) is 11.4 Å². The summed E-state index contributed by atoms with van der Waals surface area (Å²) >= 11 is 1.32. The smallest absolute Gasteiger partial charge is 0.230 e. The zero-order valence-electron chi connectivity index (χ0n) is 13.9. The molecule has 3 aromatic rings. The summed E-state index contributed by atoms with van der Waals surface area (Å²) in [6.07, 6.45) is 0.824. The number of carbonyl (C=O) groups excluding carboxylic acids is 1. The van der Waals surface area contributed by atoms with Gasteiger partial charge in [0.15, 0.2) is 0 Å². The first-order chi connectivity index (χ1) is 12.2. The zero-order valence-corrected chi connectivity index (χ0v) is 14.7. The average molecular weight is 353 g/mol. The molecule has 0 unspecified atom stereocenters. The number of amides is 1. The fraction of sp³-hybridized carbons (Fsp3) is 0.222. The van der Waals surface area contributed by atoms with Gasteiger partial charge < -0.3 is 5.32 Å². The highest BCUT2D eigenvalue weighted by Crippen LogP contribution is 2.17. The Balaban J connectivity index is 1.49. The van der Waals surface area contributed by atoms with E-state index < -0.39 is 0 Å². The molecule has 3 rings (SSSR count). The number of hydrogen-bond acceptors (Lipinski definition) is 5. The highest BCUT2D eigenvalue weighted by Gasteiger charge is 2.11. The van der Waals surface area contributed by atoms with Gasteiger partial charge in [0, 0.05) is 6.54 Å². The van der Waals surface area contributed by atoms with E-state index in [4.69, 9.17) is 0 Å². The molecule has 0 aliphatic carbocycles.